The lowest BCUT2D eigenvalue weighted by atomic mass is 10.1. The summed E-state index contributed by atoms with van der Waals surface area (Å²) in [6, 6.07) is 27.7. The molecule has 0 saturated carbocycles. The van der Waals surface area contributed by atoms with E-state index in [4.69, 9.17) is 0 Å². The summed E-state index contributed by atoms with van der Waals surface area (Å²) >= 11 is 1.63. The predicted molar refractivity (Wildman–Crippen MR) is 131 cm³/mol. The van der Waals surface area contributed by atoms with Crippen LogP contribution < -0.4 is 10.2 Å². The van der Waals surface area contributed by atoms with Crippen LogP contribution >= 0.6 is 11.8 Å². The molecule has 3 aromatic rings. The number of hydrogen-bond donors (Lipinski definition) is 1. The van der Waals surface area contributed by atoms with Crippen LogP contribution in [-0.2, 0) is 11.3 Å². The van der Waals surface area contributed by atoms with Crippen molar-refractivity contribution in [3.8, 4) is 0 Å². The zero-order valence-electron chi connectivity index (χ0n) is 18.1. The third-order valence-corrected chi connectivity index (χ3v) is 6.81. The van der Waals surface area contributed by atoms with Crippen LogP contribution in [0.3, 0.4) is 0 Å². The second-order valence-corrected chi connectivity index (χ2v) is 8.87. The third kappa shape index (κ3) is 5.32. The fraction of sp³-hybridized carbons (Fsp3) is 0.231. The molecule has 3 aromatic carbocycles. The summed E-state index contributed by atoms with van der Waals surface area (Å²) in [7, 11) is 2.01. The lowest BCUT2D eigenvalue weighted by molar-refractivity contribution is -0.128. The van der Waals surface area contributed by atoms with Crippen LogP contribution in [0.5, 0.6) is 0 Å². The van der Waals surface area contributed by atoms with Gasteiger partial charge in [-0.2, -0.15) is 0 Å². The minimum Gasteiger partial charge on any atom is -0.373 e. The molecule has 0 bridgehead atoms. The highest BCUT2D eigenvalue weighted by atomic mass is 32.2. The van der Waals surface area contributed by atoms with Crippen LogP contribution in [0, 0.1) is 0 Å². The summed E-state index contributed by atoms with van der Waals surface area (Å²) < 4.78 is 0. The first-order chi connectivity index (χ1) is 15.6. The molecule has 164 valence electrons. The molecular formula is C26H27N3O2S. The van der Waals surface area contributed by atoms with Gasteiger partial charge in [-0.1, -0.05) is 60.7 Å². The fourth-order valence-electron chi connectivity index (χ4n) is 3.73. The highest BCUT2D eigenvalue weighted by Gasteiger charge is 2.32. The average molecular weight is 446 g/mol. The molecule has 0 aliphatic carbocycles. The maximum atomic E-state index is 12.6. The highest BCUT2D eigenvalue weighted by Crippen LogP contribution is 2.39. The predicted octanol–water partition coefficient (Wildman–Crippen LogP) is 4.33. The second kappa shape index (κ2) is 10.4. The Balaban J connectivity index is 1.33. The molecule has 32 heavy (non-hydrogen) atoms. The van der Waals surface area contributed by atoms with Crippen LogP contribution in [-0.4, -0.2) is 42.6 Å². The van der Waals surface area contributed by atoms with Crippen LogP contribution in [0.15, 0.2) is 84.9 Å². The minimum absolute atomic E-state index is 0.0284. The molecule has 4 rings (SSSR count). The van der Waals surface area contributed by atoms with Gasteiger partial charge in [0.1, 0.15) is 5.37 Å². The zero-order valence-corrected chi connectivity index (χ0v) is 18.9. The van der Waals surface area contributed by atoms with Gasteiger partial charge in [0, 0.05) is 37.9 Å². The number of thioether (sulfide) groups is 1. The van der Waals surface area contributed by atoms with Gasteiger partial charge in [0.25, 0.3) is 5.91 Å². The van der Waals surface area contributed by atoms with Gasteiger partial charge in [-0.15, -0.1) is 11.8 Å². The summed E-state index contributed by atoms with van der Waals surface area (Å²) in [5, 5.41) is 2.96. The van der Waals surface area contributed by atoms with Crippen molar-refractivity contribution in [1.82, 2.24) is 10.2 Å². The smallest absolute Gasteiger partial charge is 0.251 e. The summed E-state index contributed by atoms with van der Waals surface area (Å²) in [5.74, 6) is 0.539. The van der Waals surface area contributed by atoms with Crippen molar-refractivity contribution in [2.75, 3.05) is 30.8 Å². The number of benzene rings is 3. The van der Waals surface area contributed by atoms with E-state index < -0.39 is 0 Å². The van der Waals surface area contributed by atoms with Gasteiger partial charge < -0.3 is 15.1 Å². The average Bonchev–Trinajstić information content (AvgIpc) is 3.20. The number of carbonyl (C=O) groups excluding carboxylic acids is 2. The lowest BCUT2D eigenvalue weighted by Gasteiger charge is -2.24. The molecule has 1 saturated heterocycles. The van der Waals surface area contributed by atoms with Crippen molar-refractivity contribution in [1.29, 1.82) is 0 Å². The topological polar surface area (TPSA) is 52.7 Å². The van der Waals surface area contributed by atoms with Crippen LogP contribution in [0.2, 0.25) is 0 Å². The molecule has 0 aromatic heterocycles. The van der Waals surface area contributed by atoms with Crippen molar-refractivity contribution in [2.24, 2.45) is 0 Å². The number of anilines is 1. The van der Waals surface area contributed by atoms with Gasteiger partial charge in [0.2, 0.25) is 5.91 Å². The Labute approximate surface area is 193 Å². The normalized spacial score (nSPS) is 15.6. The molecule has 6 heteroatoms. The van der Waals surface area contributed by atoms with Gasteiger partial charge in [0.05, 0.1) is 5.75 Å². The fourth-order valence-corrected chi connectivity index (χ4v) is 4.92. The van der Waals surface area contributed by atoms with E-state index in [1.165, 1.54) is 0 Å². The molecule has 1 atom stereocenters. The molecule has 1 aliphatic rings. The summed E-state index contributed by atoms with van der Waals surface area (Å²) in [5.41, 5.74) is 3.90. The van der Waals surface area contributed by atoms with Gasteiger partial charge in [-0.3, -0.25) is 9.59 Å². The minimum atomic E-state index is -0.0886. The van der Waals surface area contributed by atoms with E-state index in [0.29, 0.717) is 24.4 Å². The van der Waals surface area contributed by atoms with E-state index in [1.807, 2.05) is 96.9 Å². The second-order valence-electron chi connectivity index (χ2n) is 7.81. The first-order valence-corrected chi connectivity index (χ1v) is 11.8. The standard InChI is InChI=1S/C26H27N3O2S/c1-28(23-10-6-3-7-11-23)17-16-27-25(31)21-12-14-22(15-13-21)26-29(24(30)19-32-26)18-20-8-4-2-5-9-20/h2-15,26H,16-19H2,1H3,(H,27,31)/t26-/m1/s1. The van der Waals surface area contributed by atoms with Gasteiger partial charge in [0.15, 0.2) is 0 Å². The van der Waals surface area contributed by atoms with Crippen LogP contribution in [0.1, 0.15) is 26.9 Å². The van der Waals surface area contributed by atoms with Gasteiger partial charge >= 0.3 is 0 Å². The van der Waals surface area contributed by atoms with Crippen LogP contribution in [0.4, 0.5) is 5.69 Å². The summed E-state index contributed by atoms with van der Waals surface area (Å²) in [6.45, 7) is 1.88. The van der Waals surface area contributed by atoms with E-state index in [1.54, 1.807) is 11.8 Å². The number of nitrogens with one attached hydrogen (secondary N) is 1. The number of rotatable bonds is 8. The molecule has 0 radical (unpaired) electrons. The Morgan fingerprint density at radius 3 is 2.34 bits per heavy atom. The van der Waals surface area contributed by atoms with E-state index in [-0.39, 0.29) is 17.2 Å². The lowest BCUT2D eigenvalue weighted by Crippen LogP contribution is -2.33. The van der Waals surface area contributed by atoms with Crippen molar-refractivity contribution < 1.29 is 9.59 Å². The van der Waals surface area contributed by atoms with Crippen molar-refractivity contribution >= 4 is 29.3 Å². The molecular weight excluding hydrogens is 418 g/mol. The summed E-state index contributed by atoms with van der Waals surface area (Å²) in [4.78, 5) is 29.0. The van der Waals surface area contributed by atoms with E-state index >= 15 is 0 Å². The Morgan fingerprint density at radius 1 is 1.00 bits per heavy atom. The molecule has 0 spiro atoms. The van der Waals surface area contributed by atoms with Crippen LogP contribution in [0.25, 0.3) is 0 Å². The molecule has 1 N–H and O–H groups in total. The van der Waals surface area contributed by atoms with Crippen molar-refractivity contribution in [3.63, 3.8) is 0 Å². The molecule has 1 aliphatic heterocycles. The van der Waals surface area contributed by atoms with Crippen molar-refractivity contribution in [2.45, 2.75) is 11.9 Å². The quantitative estimate of drug-likeness (QED) is 0.561. The largest absolute Gasteiger partial charge is 0.373 e. The van der Waals surface area contributed by atoms with E-state index in [9.17, 15) is 9.59 Å². The Hall–Kier alpha value is -3.25. The Bertz CT molecular complexity index is 1040. The van der Waals surface area contributed by atoms with Crippen molar-refractivity contribution in [3.05, 3.63) is 102 Å². The van der Waals surface area contributed by atoms with E-state index in [0.717, 1.165) is 23.4 Å². The first-order valence-electron chi connectivity index (χ1n) is 10.7. The highest BCUT2D eigenvalue weighted by molar-refractivity contribution is 8.00. The van der Waals surface area contributed by atoms with Gasteiger partial charge in [-0.05, 0) is 35.4 Å². The zero-order chi connectivity index (χ0) is 22.3. The number of likely N-dealkylation sites (N-methyl/N-ethyl adjacent to an activating group) is 1. The van der Waals surface area contributed by atoms with E-state index in [2.05, 4.69) is 10.2 Å². The number of carbonyl (C=O) groups is 2. The van der Waals surface area contributed by atoms with Gasteiger partial charge in [-0.25, -0.2) is 0 Å². The Kier molecular flexibility index (Phi) is 7.12. The molecule has 1 fully saturated rings. The molecule has 5 nitrogen and oxygen atoms in total. The third-order valence-electron chi connectivity index (χ3n) is 5.55. The monoisotopic (exact) mass is 445 g/mol. The number of para-hydroxylation sites is 1. The SMILES string of the molecule is CN(CCNC(=O)c1ccc([C@H]2SCC(=O)N2Cc2ccccc2)cc1)c1ccccc1. The molecule has 1 heterocycles. The molecule has 0 unspecified atom stereocenters. The molecule has 2 amide bonds. The number of amides is 2. The maximum Gasteiger partial charge on any atom is 0.251 e. The Morgan fingerprint density at radius 2 is 1.66 bits per heavy atom. The number of nitrogens with zero attached hydrogens (tertiary/aromatic N) is 2. The maximum absolute atomic E-state index is 12.6. The first kappa shape index (κ1) is 22.0. The number of hydrogen-bond acceptors (Lipinski definition) is 4. The summed E-state index contributed by atoms with van der Waals surface area (Å²) in [6.07, 6.45) is 0.